The Balaban J connectivity index is 2.41. The largest absolute Gasteiger partial charge is 0.481 e. The molecule has 0 heterocycles. The third-order valence-electron chi connectivity index (χ3n) is 4.02. The average Bonchev–Trinajstić information content (AvgIpc) is 2.38. The van der Waals surface area contributed by atoms with Gasteiger partial charge in [-0.05, 0) is 25.2 Å². The van der Waals surface area contributed by atoms with E-state index in [4.69, 9.17) is 5.11 Å². The van der Waals surface area contributed by atoms with Crippen LogP contribution < -0.4 is 10.6 Å². The van der Waals surface area contributed by atoms with E-state index in [-0.39, 0.29) is 31.1 Å². The lowest BCUT2D eigenvalue weighted by atomic mass is 9.69. The van der Waals surface area contributed by atoms with Gasteiger partial charge in [-0.15, -0.1) is 0 Å². The molecule has 3 N–H and O–H groups in total. The molecule has 1 saturated carbocycles. The summed E-state index contributed by atoms with van der Waals surface area (Å²) in [7, 11) is 0. The lowest BCUT2D eigenvalue weighted by molar-refractivity contribution is -0.141. The zero-order chi connectivity index (χ0) is 15.7. The number of carboxylic acids is 1. The van der Waals surface area contributed by atoms with Gasteiger partial charge in [0.2, 0.25) is 11.8 Å². The number of hydrogen-bond acceptors (Lipinski definition) is 3. The van der Waals surface area contributed by atoms with Gasteiger partial charge in [0.15, 0.2) is 0 Å². The predicted molar refractivity (Wildman–Crippen MR) is 78.7 cm³/mol. The van der Waals surface area contributed by atoms with Gasteiger partial charge in [-0.25, -0.2) is 0 Å². The second-order valence-electron chi connectivity index (χ2n) is 5.86. The van der Waals surface area contributed by atoms with E-state index < -0.39 is 11.4 Å². The molecular weight excluding hydrogens is 272 g/mol. The van der Waals surface area contributed by atoms with Crippen LogP contribution in [0.3, 0.4) is 0 Å². The molecule has 0 unspecified atom stereocenters. The lowest BCUT2D eigenvalue weighted by Gasteiger charge is -2.35. The summed E-state index contributed by atoms with van der Waals surface area (Å²) in [6.07, 6.45) is 5.22. The number of amides is 2. The molecule has 6 heteroatoms. The van der Waals surface area contributed by atoms with Crippen molar-refractivity contribution in [3.05, 3.63) is 0 Å². The fraction of sp³-hybridized carbons (Fsp3) is 0.800. The fourth-order valence-corrected chi connectivity index (χ4v) is 3.04. The number of carbonyl (C=O) groups excluding carboxylic acids is 2. The maximum atomic E-state index is 12.0. The van der Waals surface area contributed by atoms with E-state index in [0.29, 0.717) is 13.1 Å². The Labute approximate surface area is 125 Å². The first-order valence-corrected chi connectivity index (χ1v) is 7.73. The molecule has 6 nitrogen and oxygen atoms in total. The summed E-state index contributed by atoms with van der Waals surface area (Å²) in [5, 5.41) is 14.5. The van der Waals surface area contributed by atoms with E-state index in [1.165, 1.54) is 0 Å². The van der Waals surface area contributed by atoms with Crippen LogP contribution >= 0.6 is 0 Å². The highest BCUT2D eigenvalue weighted by atomic mass is 16.4. The van der Waals surface area contributed by atoms with E-state index in [9.17, 15) is 14.4 Å². The first-order valence-electron chi connectivity index (χ1n) is 7.73. The number of nitrogens with one attached hydrogen (secondary N) is 2. The zero-order valence-corrected chi connectivity index (χ0v) is 12.7. The number of hydrogen-bond donors (Lipinski definition) is 3. The third kappa shape index (κ3) is 6.60. The van der Waals surface area contributed by atoms with Crippen molar-refractivity contribution in [1.82, 2.24) is 10.6 Å². The van der Waals surface area contributed by atoms with Gasteiger partial charge >= 0.3 is 5.97 Å². The maximum absolute atomic E-state index is 12.0. The SMILES string of the molecule is CCNC(=O)CCNC(=O)CC1(CC(=O)O)CCCCC1. The van der Waals surface area contributed by atoms with Crippen LogP contribution in [0.4, 0.5) is 0 Å². The van der Waals surface area contributed by atoms with Crippen molar-refractivity contribution in [3.63, 3.8) is 0 Å². The summed E-state index contributed by atoms with van der Waals surface area (Å²) in [6, 6.07) is 0. The molecule has 1 fully saturated rings. The third-order valence-corrected chi connectivity index (χ3v) is 4.02. The van der Waals surface area contributed by atoms with Gasteiger partial charge in [0.1, 0.15) is 0 Å². The minimum atomic E-state index is -0.841. The molecule has 21 heavy (non-hydrogen) atoms. The van der Waals surface area contributed by atoms with Crippen molar-refractivity contribution in [2.24, 2.45) is 5.41 Å². The summed E-state index contributed by atoms with van der Waals surface area (Å²) in [5.41, 5.74) is -0.403. The second kappa shape index (κ2) is 8.64. The van der Waals surface area contributed by atoms with E-state index in [1.54, 1.807) is 0 Å². The summed E-state index contributed by atoms with van der Waals surface area (Å²) >= 11 is 0. The molecular formula is C15H26N2O4. The summed E-state index contributed by atoms with van der Waals surface area (Å²) < 4.78 is 0. The van der Waals surface area contributed by atoms with Crippen molar-refractivity contribution in [3.8, 4) is 0 Å². The van der Waals surface area contributed by atoms with Gasteiger partial charge in [0.25, 0.3) is 0 Å². The molecule has 1 aliphatic rings. The highest BCUT2D eigenvalue weighted by Gasteiger charge is 2.36. The van der Waals surface area contributed by atoms with E-state index in [0.717, 1.165) is 32.1 Å². The Bertz CT molecular complexity index is 376. The van der Waals surface area contributed by atoms with Crippen LogP contribution in [0.15, 0.2) is 0 Å². The smallest absolute Gasteiger partial charge is 0.303 e. The molecule has 0 aromatic carbocycles. The molecule has 0 bridgehead atoms. The number of carboxylic acid groups (broad SMARTS) is 1. The van der Waals surface area contributed by atoms with Gasteiger partial charge < -0.3 is 15.7 Å². The van der Waals surface area contributed by atoms with Gasteiger partial charge in [-0.3, -0.25) is 14.4 Å². The first kappa shape index (κ1) is 17.5. The Morgan fingerprint density at radius 3 is 2.24 bits per heavy atom. The molecule has 2 amide bonds. The van der Waals surface area contributed by atoms with Gasteiger partial charge in [0, 0.05) is 25.9 Å². The minimum Gasteiger partial charge on any atom is -0.481 e. The molecule has 120 valence electrons. The lowest BCUT2D eigenvalue weighted by Crippen LogP contribution is -2.36. The molecule has 0 aliphatic heterocycles. The summed E-state index contributed by atoms with van der Waals surface area (Å²) in [6.45, 7) is 2.72. The van der Waals surface area contributed by atoms with E-state index in [1.807, 2.05) is 6.92 Å². The predicted octanol–water partition coefficient (Wildman–Crippen LogP) is 1.44. The number of rotatable bonds is 8. The molecule has 0 atom stereocenters. The highest BCUT2D eigenvalue weighted by molar-refractivity contribution is 5.80. The van der Waals surface area contributed by atoms with Crippen LogP contribution in [-0.2, 0) is 14.4 Å². The van der Waals surface area contributed by atoms with Crippen molar-refractivity contribution < 1.29 is 19.5 Å². The van der Waals surface area contributed by atoms with Crippen LogP contribution in [0.2, 0.25) is 0 Å². The summed E-state index contributed by atoms with van der Waals surface area (Å²) in [5.74, 6) is -1.08. The first-order chi connectivity index (χ1) is 9.97. The maximum Gasteiger partial charge on any atom is 0.303 e. The van der Waals surface area contributed by atoms with Crippen LogP contribution in [0.25, 0.3) is 0 Å². The molecule has 0 aromatic rings. The average molecular weight is 298 g/mol. The van der Waals surface area contributed by atoms with E-state index >= 15 is 0 Å². The second-order valence-corrected chi connectivity index (χ2v) is 5.86. The summed E-state index contributed by atoms with van der Waals surface area (Å²) in [4.78, 5) is 34.3. The van der Waals surface area contributed by atoms with Crippen molar-refractivity contribution in [1.29, 1.82) is 0 Å². The molecule has 0 spiro atoms. The Kier molecular flexibility index (Phi) is 7.19. The van der Waals surface area contributed by atoms with Crippen LogP contribution in [-0.4, -0.2) is 36.0 Å². The number of carbonyl (C=O) groups is 3. The van der Waals surface area contributed by atoms with Crippen LogP contribution in [0.5, 0.6) is 0 Å². The molecule has 0 aromatic heterocycles. The normalized spacial score (nSPS) is 17.0. The minimum absolute atomic E-state index is 0.0523. The molecule has 0 radical (unpaired) electrons. The molecule has 0 saturated heterocycles. The molecule has 1 aliphatic carbocycles. The fourth-order valence-electron chi connectivity index (χ4n) is 3.04. The number of aliphatic carboxylic acids is 1. The van der Waals surface area contributed by atoms with Crippen molar-refractivity contribution in [2.45, 2.75) is 58.3 Å². The van der Waals surface area contributed by atoms with Crippen LogP contribution in [0, 0.1) is 5.41 Å². The Hall–Kier alpha value is -1.59. The topological polar surface area (TPSA) is 95.5 Å². The van der Waals surface area contributed by atoms with Gasteiger partial charge in [-0.2, -0.15) is 0 Å². The van der Waals surface area contributed by atoms with Gasteiger partial charge in [-0.1, -0.05) is 19.3 Å². The van der Waals surface area contributed by atoms with Crippen LogP contribution in [0.1, 0.15) is 58.3 Å². The van der Waals surface area contributed by atoms with E-state index in [2.05, 4.69) is 10.6 Å². The monoisotopic (exact) mass is 298 g/mol. The Morgan fingerprint density at radius 1 is 1.00 bits per heavy atom. The highest BCUT2D eigenvalue weighted by Crippen LogP contribution is 2.42. The Morgan fingerprint density at radius 2 is 1.67 bits per heavy atom. The quantitative estimate of drug-likeness (QED) is 0.632. The van der Waals surface area contributed by atoms with Crippen molar-refractivity contribution >= 4 is 17.8 Å². The molecule has 1 rings (SSSR count). The zero-order valence-electron chi connectivity index (χ0n) is 12.7. The van der Waals surface area contributed by atoms with Crippen molar-refractivity contribution in [2.75, 3.05) is 13.1 Å². The standard InChI is InChI=1S/C15H26N2O4/c1-2-16-12(18)6-9-17-13(19)10-15(11-14(20)21)7-4-3-5-8-15/h2-11H2,1H3,(H,16,18)(H,17,19)(H,20,21). The van der Waals surface area contributed by atoms with Gasteiger partial charge in [0.05, 0.1) is 6.42 Å².